The minimum Gasteiger partial charge on any atom is -0.439 e. The highest BCUT2D eigenvalue weighted by molar-refractivity contribution is 9.10. The van der Waals surface area contributed by atoms with E-state index < -0.39 is 17.0 Å². The van der Waals surface area contributed by atoms with Crippen molar-refractivity contribution in [2.45, 2.75) is 12.3 Å². The van der Waals surface area contributed by atoms with Crippen LogP contribution in [0.1, 0.15) is 18.2 Å². The zero-order valence-electron chi connectivity index (χ0n) is 8.68. The molecule has 1 unspecified atom stereocenters. The minimum absolute atomic E-state index is 0.0231. The van der Waals surface area contributed by atoms with Gasteiger partial charge in [0.15, 0.2) is 5.76 Å². The van der Waals surface area contributed by atoms with Crippen molar-refractivity contribution in [2.75, 3.05) is 0 Å². The molecule has 0 spiro atoms. The summed E-state index contributed by atoms with van der Waals surface area (Å²) in [6.07, 6.45) is 1.25. The van der Waals surface area contributed by atoms with Crippen LogP contribution in [0, 0.1) is 11.6 Å². The first-order valence-electron chi connectivity index (χ1n) is 4.73. The van der Waals surface area contributed by atoms with Crippen LogP contribution < -0.4 is 0 Å². The molecule has 2 nitrogen and oxygen atoms in total. The van der Waals surface area contributed by atoms with E-state index in [-0.39, 0.29) is 17.2 Å². The highest BCUT2D eigenvalue weighted by Gasteiger charge is 2.18. The van der Waals surface area contributed by atoms with E-state index in [1.54, 1.807) is 6.92 Å². The lowest BCUT2D eigenvalue weighted by molar-refractivity contribution is 0.497. The van der Waals surface area contributed by atoms with Gasteiger partial charge in [0.05, 0.1) is 11.8 Å². The van der Waals surface area contributed by atoms with Crippen molar-refractivity contribution in [2.24, 2.45) is 0 Å². The Balaban J connectivity index is 2.52. The molecule has 0 aliphatic rings. The van der Waals surface area contributed by atoms with Crippen LogP contribution in [0.3, 0.4) is 0 Å². The van der Waals surface area contributed by atoms with Crippen molar-refractivity contribution in [1.82, 2.24) is 4.98 Å². The van der Waals surface area contributed by atoms with Gasteiger partial charge in [0, 0.05) is 4.47 Å². The van der Waals surface area contributed by atoms with E-state index in [0.29, 0.717) is 4.47 Å². The number of rotatable bonds is 2. The number of benzene rings is 1. The van der Waals surface area contributed by atoms with Crippen molar-refractivity contribution in [1.29, 1.82) is 0 Å². The van der Waals surface area contributed by atoms with Gasteiger partial charge >= 0.3 is 0 Å². The number of halogens is 4. The zero-order valence-corrected chi connectivity index (χ0v) is 11.0. The van der Waals surface area contributed by atoms with Gasteiger partial charge in [0.2, 0.25) is 5.89 Å². The first kappa shape index (κ1) is 12.5. The van der Waals surface area contributed by atoms with E-state index in [4.69, 9.17) is 16.0 Å². The third-order valence-electron chi connectivity index (χ3n) is 2.12. The lowest BCUT2D eigenvalue weighted by Crippen LogP contribution is -1.89. The Labute approximate surface area is 110 Å². The molecule has 90 valence electrons. The molecule has 6 heteroatoms. The van der Waals surface area contributed by atoms with Gasteiger partial charge in [-0.05, 0) is 19.1 Å². The molecule has 0 N–H and O–H groups in total. The molecule has 1 heterocycles. The molecular formula is C11H7BrClF2NO. The van der Waals surface area contributed by atoms with Crippen molar-refractivity contribution < 1.29 is 13.2 Å². The van der Waals surface area contributed by atoms with E-state index in [9.17, 15) is 8.78 Å². The summed E-state index contributed by atoms with van der Waals surface area (Å²) in [7, 11) is 0. The summed E-state index contributed by atoms with van der Waals surface area (Å²) in [5.74, 6) is -1.19. The summed E-state index contributed by atoms with van der Waals surface area (Å²) in [6, 6.07) is 2.31. The average molecular weight is 323 g/mol. The minimum atomic E-state index is -0.721. The predicted molar refractivity (Wildman–Crippen MR) is 63.8 cm³/mol. The largest absolute Gasteiger partial charge is 0.439 e. The fraction of sp³-hybridized carbons (Fsp3) is 0.182. The lowest BCUT2D eigenvalue weighted by atomic mass is 10.1. The SMILES string of the molecule is CC(Cl)c1ncc(-c2c(F)cc(Br)cc2F)o1. The van der Waals surface area contributed by atoms with Gasteiger partial charge in [-0.2, -0.15) is 0 Å². The Morgan fingerprint density at radius 1 is 1.35 bits per heavy atom. The summed E-state index contributed by atoms with van der Waals surface area (Å²) in [4.78, 5) is 3.85. The molecule has 0 amide bonds. The van der Waals surface area contributed by atoms with Gasteiger partial charge < -0.3 is 4.42 Å². The maximum atomic E-state index is 13.6. The monoisotopic (exact) mass is 321 g/mol. The zero-order chi connectivity index (χ0) is 12.6. The molecule has 0 bridgehead atoms. The number of nitrogens with zero attached hydrogens (tertiary/aromatic N) is 1. The van der Waals surface area contributed by atoms with Gasteiger partial charge in [-0.25, -0.2) is 13.8 Å². The van der Waals surface area contributed by atoms with E-state index in [1.165, 1.54) is 6.20 Å². The number of hydrogen-bond donors (Lipinski definition) is 0. The molecular weight excluding hydrogens is 315 g/mol. The van der Waals surface area contributed by atoms with Crippen LogP contribution >= 0.6 is 27.5 Å². The first-order valence-corrected chi connectivity index (χ1v) is 5.96. The lowest BCUT2D eigenvalue weighted by Gasteiger charge is -2.02. The number of alkyl halides is 1. The number of hydrogen-bond acceptors (Lipinski definition) is 2. The van der Waals surface area contributed by atoms with Crippen LogP contribution in [0.4, 0.5) is 8.78 Å². The Bertz CT molecular complexity index is 533. The van der Waals surface area contributed by atoms with Crippen molar-refractivity contribution >= 4 is 27.5 Å². The Kier molecular flexibility index (Phi) is 3.49. The molecule has 17 heavy (non-hydrogen) atoms. The quantitative estimate of drug-likeness (QED) is 0.750. The molecule has 1 atom stereocenters. The first-order chi connectivity index (χ1) is 7.99. The Morgan fingerprint density at radius 2 is 1.94 bits per heavy atom. The molecule has 0 fully saturated rings. The molecule has 0 saturated heterocycles. The summed E-state index contributed by atoms with van der Waals surface area (Å²) in [6.45, 7) is 1.66. The molecule has 2 aromatic rings. The second kappa shape index (κ2) is 4.74. The van der Waals surface area contributed by atoms with Gasteiger partial charge in [0.1, 0.15) is 17.0 Å². The van der Waals surface area contributed by atoms with Crippen molar-refractivity contribution in [3.05, 3.63) is 40.3 Å². The van der Waals surface area contributed by atoms with Crippen LogP contribution in [0.15, 0.2) is 27.2 Å². The highest BCUT2D eigenvalue weighted by atomic mass is 79.9. The molecule has 0 radical (unpaired) electrons. The Morgan fingerprint density at radius 3 is 2.41 bits per heavy atom. The normalized spacial score (nSPS) is 12.8. The topological polar surface area (TPSA) is 26.0 Å². The highest BCUT2D eigenvalue weighted by Crippen LogP contribution is 2.31. The van der Waals surface area contributed by atoms with Crippen molar-refractivity contribution in [3.8, 4) is 11.3 Å². The fourth-order valence-corrected chi connectivity index (χ4v) is 1.87. The number of aromatic nitrogens is 1. The maximum Gasteiger partial charge on any atom is 0.212 e. The second-order valence-corrected chi connectivity index (χ2v) is 4.99. The van der Waals surface area contributed by atoms with Crippen molar-refractivity contribution in [3.63, 3.8) is 0 Å². The van der Waals surface area contributed by atoms with E-state index in [1.807, 2.05) is 0 Å². The summed E-state index contributed by atoms with van der Waals surface area (Å²) < 4.78 is 32.7. The van der Waals surface area contributed by atoms with E-state index >= 15 is 0 Å². The fourth-order valence-electron chi connectivity index (χ4n) is 1.36. The molecule has 0 saturated carbocycles. The second-order valence-electron chi connectivity index (χ2n) is 3.42. The van der Waals surface area contributed by atoms with E-state index in [0.717, 1.165) is 12.1 Å². The van der Waals surface area contributed by atoms with Gasteiger partial charge in [-0.3, -0.25) is 0 Å². The molecule has 0 aliphatic carbocycles. The van der Waals surface area contributed by atoms with Crippen LogP contribution in [0.2, 0.25) is 0 Å². The number of oxazole rings is 1. The summed E-state index contributed by atoms with van der Waals surface area (Å²) >= 11 is 8.76. The van der Waals surface area contributed by atoms with Gasteiger partial charge in [0.25, 0.3) is 0 Å². The standard InChI is InChI=1S/C11H7BrClF2NO/c1-5(13)11-16-4-9(17-11)10-7(14)2-6(12)3-8(10)15/h2-5H,1H3. The molecule has 2 rings (SSSR count). The molecule has 1 aromatic carbocycles. The predicted octanol–water partition coefficient (Wildman–Crippen LogP) is 4.68. The third-order valence-corrected chi connectivity index (χ3v) is 2.76. The van der Waals surface area contributed by atoms with Crippen LogP contribution in [-0.2, 0) is 0 Å². The summed E-state index contributed by atoms with van der Waals surface area (Å²) in [5.41, 5.74) is -0.246. The van der Waals surface area contributed by atoms with Crippen LogP contribution in [-0.4, -0.2) is 4.98 Å². The van der Waals surface area contributed by atoms with E-state index in [2.05, 4.69) is 20.9 Å². The Hall–Kier alpha value is -0.940. The molecule has 1 aromatic heterocycles. The van der Waals surface area contributed by atoms with Gasteiger partial charge in [-0.1, -0.05) is 15.9 Å². The van der Waals surface area contributed by atoms with Gasteiger partial charge in [-0.15, -0.1) is 11.6 Å². The average Bonchev–Trinajstić information content (AvgIpc) is 2.65. The maximum absolute atomic E-state index is 13.6. The smallest absolute Gasteiger partial charge is 0.212 e. The summed E-state index contributed by atoms with van der Waals surface area (Å²) in [5, 5.41) is -0.453. The van der Waals surface area contributed by atoms with Crippen LogP contribution in [0.25, 0.3) is 11.3 Å². The third kappa shape index (κ3) is 2.50. The molecule has 0 aliphatic heterocycles. The van der Waals surface area contributed by atoms with Crippen LogP contribution in [0.5, 0.6) is 0 Å².